The van der Waals surface area contributed by atoms with E-state index in [4.69, 9.17) is 0 Å². The van der Waals surface area contributed by atoms with Crippen molar-refractivity contribution in [2.45, 2.75) is 6.42 Å². The van der Waals surface area contributed by atoms with Gasteiger partial charge in [-0.3, -0.25) is 0 Å². The number of phenols is 2. The van der Waals surface area contributed by atoms with E-state index in [0.29, 0.717) is 10.9 Å². The standard InChI is InChI=1S/C8H7Br2O2/c1-2-4-3-5(11)8(12)7(10)6(4)9/h3,11-12H,1-2H2. The summed E-state index contributed by atoms with van der Waals surface area (Å²) in [5.41, 5.74) is 0.845. The normalized spacial score (nSPS) is 10.2. The fourth-order valence-electron chi connectivity index (χ4n) is 0.836. The monoisotopic (exact) mass is 293 g/mol. The molecule has 2 nitrogen and oxygen atoms in total. The minimum Gasteiger partial charge on any atom is -0.504 e. The Morgan fingerprint density at radius 2 is 1.83 bits per heavy atom. The molecule has 0 aromatic heterocycles. The molecule has 0 atom stereocenters. The SMILES string of the molecule is [CH2]Cc1cc(O)c(O)c(Br)c1Br. The molecule has 0 aliphatic rings. The summed E-state index contributed by atoms with van der Waals surface area (Å²) in [6, 6.07) is 1.48. The summed E-state index contributed by atoms with van der Waals surface area (Å²) in [6.07, 6.45) is 0.549. The first-order valence-electron chi connectivity index (χ1n) is 3.26. The third-order valence-corrected chi connectivity index (χ3v) is 3.72. The van der Waals surface area contributed by atoms with Crippen molar-refractivity contribution in [3.63, 3.8) is 0 Å². The second kappa shape index (κ2) is 3.66. The lowest BCUT2D eigenvalue weighted by Gasteiger charge is -2.07. The van der Waals surface area contributed by atoms with Crippen molar-refractivity contribution in [1.82, 2.24) is 0 Å². The van der Waals surface area contributed by atoms with Gasteiger partial charge in [0.15, 0.2) is 11.5 Å². The highest BCUT2D eigenvalue weighted by atomic mass is 79.9. The highest BCUT2D eigenvalue weighted by Gasteiger charge is 2.11. The maximum absolute atomic E-state index is 9.26. The van der Waals surface area contributed by atoms with Crippen molar-refractivity contribution in [2.24, 2.45) is 0 Å². The van der Waals surface area contributed by atoms with E-state index >= 15 is 0 Å². The van der Waals surface area contributed by atoms with E-state index in [1.807, 2.05) is 0 Å². The van der Waals surface area contributed by atoms with Crippen molar-refractivity contribution < 1.29 is 10.2 Å². The van der Waals surface area contributed by atoms with Crippen molar-refractivity contribution in [3.8, 4) is 11.5 Å². The highest BCUT2D eigenvalue weighted by molar-refractivity contribution is 9.13. The van der Waals surface area contributed by atoms with Crippen LogP contribution >= 0.6 is 31.9 Å². The molecule has 65 valence electrons. The third-order valence-electron chi connectivity index (χ3n) is 1.51. The molecule has 4 heteroatoms. The number of halogens is 2. The van der Waals surface area contributed by atoms with Gasteiger partial charge < -0.3 is 10.2 Å². The first kappa shape index (κ1) is 9.86. The zero-order valence-corrected chi connectivity index (χ0v) is 9.31. The van der Waals surface area contributed by atoms with Crippen LogP contribution in [0.2, 0.25) is 0 Å². The summed E-state index contributed by atoms with van der Waals surface area (Å²) in [4.78, 5) is 0. The topological polar surface area (TPSA) is 40.5 Å². The number of benzene rings is 1. The fraction of sp³-hybridized carbons (Fsp3) is 0.125. The lowest BCUT2D eigenvalue weighted by atomic mass is 10.1. The van der Waals surface area contributed by atoms with Gasteiger partial charge in [-0.05, 0) is 56.8 Å². The average molecular weight is 295 g/mol. The molecule has 0 saturated carbocycles. The van der Waals surface area contributed by atoms with Gasteiger partial charge in [0.05, 0.1) is 4.47 Å². The zero-order valence-electron chi connectivity index (χ0n) is 6.14. The molecule has 12 heavy (non-hydrogen) atoms. The molecule has 0 saturated heterocycles. The Hall–Kier alpha value is -0.220. The van der Waals surface area contributed by atoms with E-state index in [1.165, 1.54) is 6.07 Å². The predicted molar refractivity (Wildman–Crippen MR) is 54.2 cm³/mol. The van der Waals surface area contributed by atoms with Crippen LogP contribution in [0.1, 0.15) is 5.56 Å². The number of phenolic OH excluding ortho intramolecular Hbond substituents is 2. The van der Waals surface area contributed by atoms with Crippen LogP contribution in [0, 0.1) is 6.92 Å². The molecule has 0 fully saturated rings. The average Bonchev–Trinajstić information content (AvgIpc) is 2.08. The molecule has 0 aliphatic carbocycles. The summed E-state index contributed by atoms with van der Waals surface area (Å²) in [5.74, 6) is -0.289. The number of hydrogen-bond acceptors (Lipinski definition) is 2. The minimum absolute atomic E-state index is 0.135. The Balaban J connectivity index is 3.39. The van der Waals surface area contributed by atoms with Crippen LogP contribution in [0.15, 0.2) is 15.0 Å². The van der Waals surface area contributed by atoms with Gasteiger partial charge in [-0.1, -0.05) is 0 Å². The molecule has 0 bridgehead atoms. The summed E-state index contributed by atoms with van der Waals surface area (Å²) >= 11 is 6.40. The van der Waals surface area contributed by atoms with Crippen molar-refractivity contribution >= 4 is 31.9 Å². The van der Waals surface area contributed by atoms with Gasteiger partial charge in [0.1, 0.15) is 0 Å². The Morgan fingerprint density at radius 1 is 1.25 bits per heavy atom. The van der Waals surface area contributed by atoms with E-state index in [-0.39, 0.29) is 11.5 Å². The molecule has 0 spiro atoms. The highest BCUT2D eigenvalue weighted by Crippen LogP contribution is 2.41. The van der Waals surface area contributed by atoms with Crippen LogP contribution in [0.5, 0.6) is 11.5 Å². The maximum atomic E-state index is 9.26. The van der Waals surface area contributed by atoms with Gasteiger partial charge in [-0.2, -0.15) is 0 Å². The van der Waals surface area contributed by atoms with Crippen LogP contribution in [0.3, 0.4) is 0 Å². The summed E-state index contributed by atoms with van der Waals surface area (Å²) < 4.78 is 1.19. The number of rotatable bonds is 1. The summed E-state index contributed by atoms with van der Waals surface area (Å²) in [6.45, 7) is 3.69. The van der Waals surface area contributed by atoms with Crippen molar-refractivity contribution in [2.75, 3.05) is 0 Å². The molecular formula is C8H7Br2O2. The Kier molecular flexibility index (Phi) is 3.01. The molecule has 1 rings (SSSR count). The summed E-state index contributed by atoms with van der Waals surface area (Å²) in [7, 11) is 0. The summed E-state index contributed by atoms with van der Waals surface area (Å²) in [5, 5.41) is 18.5. The molecule has 1 aromatic rings. The minimum atomic E-state index is -0.154. The third kappa shape index (κ3) is 1.59. The molecule has 1 aromatic carbocycles. The zero-order chi connectivity index (χ0) is 9.30. The Bertz CT molecular complexity index is 310. The van der Waals surface area contributed by atoms with Crippen molar-refractivity contribution in [1.29, 1.82) is 0 Å². The second-order valence-corrected chi connectivity index (χ2v) is 3.87. The molecule has 2 N–H and O–H groups in total. The van der Waals surface area contributed by atoms with E-state index in [1.54, 1.807) is 0 Å². The van der Waals surface area contributed by atoms with Crippen LogP contribution in [0.4, 0.5) is 0 Å². The van der Waals surface area contributed by atoms with Crippen LogP contribution in [-0.4, -0.2) is 10.2 Å². The molecular weight excluding hydrogens is 288 g/mol. The first-order valence-corrected chi connectivity index (χ1v) is 4.84. The molecule has 0 unspecified atom stereocenters. The number of hydrogen-bond donors (Lipinski definition) is 2. The number of aromatic hydroxyl groups is 2. The lowest BCUT2D eigenvalue weighted by Crippen LogP contribution is -1.85. The van der Waals surface area contributed by atoms with Gasteiger partial charge in [-0.25, -0.2) is 0 Å². The van der Waals surface area contributed by atoms with E-state index in [9.17, 15) is 10.2 Å². The van der Waals surface area contributed by atoms with E-state index in [2.05, 4.69) is 38.8 Å². The van der Waals surface area contributed by atoms with Gasteiger partial charge in [0, 0.05) is 4.47 Å². The predicted octanol–water partition coefficient (Wildman–Crippen LogP) is 3.00. The molecule has 1 radical (unpaired) electrons. The first-order chi connectivity index (χ1) is 5.57. The fourth-order valence-corrected chi connectivity index (χ4v) is 1.79. The Labute approximate surface area is 87.5 Å². The molecule has 0 amide bonds. The lowest BCUT2D eigenvalue weighted by molar-refractivity contribution is 0.400. The maximum Gasteiger partial charge on any atom is 0.173 e. The van der Waals surface area contributed by atoms with Gasteiger partial charge in [0.2, 0.25) is 0 Å². The van der Waals surface area contributed by atoms with Crippen molar-refractivity contribution in [3.05, 3.63) is 27.5 Å². The van der Waals surface area contributed by atoms with Gasteiger partial charge in [-0.15, -0.1) is 0 Å². The van der Waals surface area contributed by atoms with Crippen LogP contribution in [0.25, 0.3) is 0 Å². The van der Waals surface area contributed by atoms with Crippen LogP contribution < -0.4 is 0 Å². The Morgan fingerprint density at radius 3 is 2.33 bits per heavy atom. The molecule has 0 heterocycles. The van der Waals surface area contributed by atoms with E-state index in [0.717, 1.165) is 10.0 Å². The van der Waals surface area contributed by atoms with Crippen LogP contribution in [-0.2, 0) is 6.42 Å². The quantitative estimate of drug-likeness (QED) is 0.782. The second-order valence-electron chi connectivity index (χ2n) is 2.28. The van der Waals surface area contributed by atoms with E-state index < -0.39 is 0 Å². The van der Waals surface area contributed by atoms with Gasteiger partial charge >= 0.3 is 0 Å². The van der Waals surface area contributed by atoms with Gasteiger partial charge in [0.25, 0.3) is 0 Å². The largest absolute Gasteiger partial charge is 0.504 e. The smallest absolute Gasteiger partial charge is 0.173 e. The molecule has 0 aliphatic heterocycles.